The number of halogens is 2. The van der Waals surface area contributed by atoms with Gasteiger partial charge < -0.3 is 15.3 Å². The number of rotatable bonds is 5. The summed E-state index contributed by atoms with van der Waals surface area (Å²) in [6.07, 6.45) is 0. The molecule has 0 amide bonds. The van der Waals surface area contributed by atoms with Gasteiger partial charge in [-0.3, -0.25) is 0 Å². The second kappa shape index (κ2) is 7.55. The number of hydrogen-bond acceptors (Lipinski definition) is 4. The summed E-state index contributed by atoms with van der Waals surface area (Å²) in [7, 11) is 0. The average molecular weight is 367 g/mol. The van der Waals surface area contributed by atoms with Crippen molar-refractivity contribution in [2.45, 2.75) is 19.4 Å². The van der Waals surface area contributed by atoms with Gasteiger partial charge in [0.25, 0.3) is 0 Å². The number of ether oxygens (including phenoxy) is 1. The van der Waals surface area contributed by atoms with Crippen LogP contribution in [0.2, 0.25) is 10.0 Å². The second-order valence-electron chi connectivity index (χ2n) is 5.43. The molecule has 0 aliphatic carbocycles. The van der Waals surface area contributed by atoms with Crippen LogP contribution in [0.3, 0.4) is 0 Å². The Labute approximate surface area is 149 Å². The maximum atomic E-state index is 12.2. The first-order valence-corrected chi connectivity index (χ1v) is 7.79. The van der Waals surface area contributed by atoms with Gasteiger partial charge in [-0.25, -0.2) is 4.79 Å². The third-order valence-corrected chi connectivity index (χ3v) is 3.55. The molecule has 0 unspecified atom stereocenters. The molecule has 126 valence electrons. The summed E-state index contributed by atoms with van der Waals surface area (Å²) >= 11 is 11.6. The highest BCUT2D eigenvalue weighted by atomic mass is 35.5. The molecule has 0 fully saturated rings. The van der Waals surface area contributed by atoms with Crippen LogP contribution in [-0.4, -0.2) is 17.4 Å². The largest absolute Gasteiger partial charge is 0.476 e. The molecule has 2 rings (SSSR count). The van der Waals surface area contributed by atoms with Gasteiger partial charge in [0.05, 0.1) is 0 Å². The van der Waals surface area contributed by atoms with Gasteiger partial charge in [0, 0.05) is 15.6 Å². The minimum Gasteiger partial charge on any atom is -0.476 e. The fourth-order valence-corrected chi connectivity index (χ4v) is 1.96. The second-order valence-corrected chi connectivity index (χ2v) is 6.30. The highest BCUT2D eigenvalue weighted by Gasteiger charge is 2.32. The Morgan fingerprint density at radius 2 is 1.50 bits per heavy atom. The molecule has 0 radical (unpaired) electrons. The van der Waals surface area contributed by atoms with Crippen LogP contribution in [0, 0.1) is 0 Å². The van der Waals surface area contributed by atoms with E-state index in [1.165, 1.54) is 0 Å². The number of carbonyl (C=O) groups is 1. The maximum Gasteiger partial charge on any atom is 0.377 e. The predicted octanol–water partition coefficient (Wildman–Crippen LogP) is 4.01. The highest BCUT2D eigenvalue weighted by Crippen LogP contribution is 2.22. The smallest absolute Gasteiger partial charge is 0.377 e. The van der Waals surface area contributed by atoms with Gasteiger partial charge in [-0.2, -0.15) is 0 Å². The summed E-state index contributed by atoms with van der Waals surface area (Å²) in [4.78, 5) is 17.1. The van der Waals surface area contributed by atoms with Gasteiger partial charge in [0.1, 0.15) is 5.75 Å². The van der Waals surface area contributed by atoms with Crippen LogP contribution < -0.4 is 10.5 Å². The Kier molecular flexibility index (Phi) is 5.70. The molecule has 2 N–H and O–H groups in total. The Bertz CT molecular complexity index is 741. The van der Waals surface area contributed by atoms with Crippen LogP contribution in [0.4, 0.5) is 0 Å². The fraction of sp³-hybridized carbons (Fsp3) is 0.176. The number of benzene rings is 2. The number of carbonyl (C=O) groups excluding carboxylic acids is 1. The van der Waals surface area contributed by atoms with E-state index in [4.69, 9.17) is 38.5 Å². The van der Waals surface area contributed by atoms with Crippen LogP contribution in [0.1, 0.15) is 19.4 Å². The van der Waals surface area contributed by atoms with Crippen LogP contribution >= 0.6 is 23.2 Å². The van der Waals surface area contributed by atoms with Gasteiger partial charge in [-0.15, -0.1) is 0 Å². The van der Waals surface area contributed by atoms with Gasteiger partial charge in [0.15, 0.2) is 5.84 Å². The standard InChI is InChI=1S/C17H16Cl2N2O3/c1-17(2,23-14-9-7-13(19)8-10-14)16(22)24-21-15(20)11-3-5-12(18)6-4-11/h3-10H,1-2H3,(H2,20,21). The van der Waals surface area contributed by atoms with E-state index < -0.39 is 11.6 Å². The van der Waals surface area contributed by atoms with Crippen LogP contribution in [0.15, 0.2) is 53.7 Å². The van der Waals surface area contributed by atoms with Crippen molar-refractivity contribution < 1.29 is 14.4 Å². The third kappa shape index (κ3) is 4.88. The molecule has 24 heavy (non-hydrogen) atoms. The van der Waals surface area contributed by atoms with E-state index in [0.29, 0.717) is 21.4 Å². The summed E-state index contributed by atoms with van der Waals surface area (Å²) in [5.74, 6) is -0.146. The summed E-state index contributed by atoms with van der Waals surface area (Å²) in [6.45, 7) is 3.13. The van der Waals surface area contributed by atoms with Crippen LogP contribution in [0.25, 0.3) is 0 Å². The first-order chi connectivity index (χ1) is 11.3. The minimum atomic E-state index is -1.25. The Hall–Kier alpha value is -2.24. The molecule has 2 aromatic rings. The summed E-state index contributed by atoms with van der Waals surface area (Å²) in [5, 5.41) is 4.79. The number of nitrogens with two attached hydrogens (primary N) is 1. The zero-order valence-electron chi connectivity index (χ0n) is 13.1. The average Bonchev–Trinajstić information content (AvgIpc) is 2.55. The van der Waals surface area contributed by atoms with Crippen molar-refractivity contribution in [3.8, 4) is 5.75 Å². The van der Waals surface area contributed by atoms with Crippen molar-refractivity contribution in [2.75, 3.05) is 0 Å². The Balaban J connectivity index is 2.02. The molecular formula is C17H16Cl2N2O3. The molecule has 0 bridgehead atoms. The van der Waals surface area contributed by atoms with Crippen molar-refractivity contribution in [1.82, 2.24) is 0 Å². The van der Waals surface area contributed by atoms with E-state index in [0.717, 1.165) is 0 Å². The van der Waals surface area contributed by atoms with E-state index in [-0.39, 0.29) is 5.84 Å². The van der Waals surface area contributed by atoms with E-state index >= 15 is 0 Å². The molecule has 0 aliphatic rings. The summed E-state index contributed by atoms with van der Waals surface area (Å²) < 4.78 is 5.61. The molecule has 0 spiro atoms. The molecule has 0 heterocycles. The predicted molar refractivity (Wildman–Crippen MR) is 94.4 cm³/mol. The van der Waals surface area contributed by atoms with E-state index in [1.54, 1.807) is 62.4 Å². The van der Waals surface area contributed by atoms with Gasteiger partial charge in [0.2, 0.25) is 5.60 Å². The van der Waals surface area contributed by atoms with Crippen molar-refractivity contribution in [3.63, 3.8) is 0 Å². The van der Waals surface area contributed by atoms with Crippen molar-refractivity contribution in [3.05, 3.63) is 64.1 Å². The summed E-state index contributed by atoms with van der Waals surface area (Å²) in [6, 6.07) is 13.3. The van der Waals surface area contributed by atoms with E-state index in [2.05, 4.69) is 5.16 Å². The van der Waals surface area contributed by atoms with Gasteiger partial charge in [-0.05, 0) is 62.4 Å². The zero-order valence-corrected chi connectivity index (χ0v) is 14.6. The lowest BCUT2D eigenvalue weighted by molar-refractivity contribution is -0.159. The topological polar surface area (TPSA) is 73.9 Å². The number of nitrogens with zero attached hydrogens (tertiary/aromatic N) is 1. The number of oxime groups is 1. The highest BCUT2D eigenvalue weighted by molar-refractivity contribution is 6.30. The lowest BCUT2D eigenvalue weighted by Gasteiger charge is -2.22. The quantitative estimate of drug-likeness (QED) is 0.375. The monoisotopic (exact) mass is 366 g/mol. The lowest BCUT2D eigenvalue weighted by atomic mass is 10.1. The molecular weight excluding hydrogens is 351 g/mol. The molecule has 2 aromatic carbocycles. The normalized spacial score (nSPS) is 11.9. The van der Waals surface area contributed by atoms with E-state index in [9.17, 15) is 4.79 Å². The summed E-state index contributed by atoms with van der Waals surface area (Å²) in [5.41, 5.74) is 5.11. The van der Waals surface area contributed by atoms with Gasteiger partial charge >= 0.3 is 5.97 Å². The molecule has 7 heteroatoms. The minimum absolute atomic E-state index is 0.0577. The van der Waals surface area contributed by atoms with Crippen LogP contribution in [0.5, 0.6) is 5.75 Å². The Morgan fingerprint density at radius 1 is 1.00 bits per heavy atom. The molecule has 0 atom stereocenters. The number of hydrogen-bond donors (Lipinski definition) is 1. The molecule has 0 saturated carbocycles. The lowest BCUT2D eigenvalue weighted by Crippen LogP contribution is -2.39. The Morgan fingerprint density at radius 3 is 2.04 bits per heavy atom. The van der Waals surface area contributed by atoms with E-state index in [1.807, 2.05) is 0 Å². The molecule has 0 saturated heterocycles. The fourth-order valence-electron chi connectivity index (χ4n) is 1.71. The first kappa shape index (κ1) is 18.1. The van der Waals surface area contributed by atoms with Crippen molar-refractivity contribution in [1.29, 1.82) is 0 Å². The maximum absolute atomic E-state index is 12.2. The SMILES string of the molecule is CC(C)(Oc1ccc(Cl)cc1)C(=O)O/N=C(\N)c1ccc(Cl)cc1. The molecule has 0 aliphatic heterocycles. The molecule has 0 aromatic heterocycles. The third-order valence-electron chi connectivity index (χ3n) is 3.05. The van der Waals surface area contributed by atoms with Gasteiger partial charge in [-0.1, -0.05) is 28.4 Å². The van der Waals surface area contributed by atoms with Crippen molar-refractivity contribution in [2.24, 2.45) is 10.9 Å². The van der Waals surface area contributed by atoms with Crippen LogP contribution in [-0.2, 0) is 9.63 Å². The number of amidine groups is 1. The zero-order chi connectivity index (χ0) is 17.7. The first-order valence-electron chi connectivity index (χ1n) is 7.03. The van der Waals surface area contributed by atoms with Crippen molar-refractivity contribution >= 4 is 35.0 Å². The molecule has 5 nitrogen and oxygen atoms in total.